The molecule has 53 heavy (non-hydrogen) atoms. The van der Waals surface area contributed by atoms with Crippen LogP contribution in [0.25, 0.3) is 22.3 Å². The minimum absolute atomic E-state index is 0.0334. The second kappa shape index (κ2) is 14.1. The van der Waals surface area contributed by atoms with Gasteiger partial charge < -0.3 is 46.5 Å². The molecule has 17 heteroatoms. The summed E-state index contributed by atoms with van der Waals surface area (Å²) >= 11 is 0. The number of primary amides is 1. The van der Waals surface area contributed by atoms with Crippen molar-refractivity contribution in [1.82, 2.24) is 30.8 Å². The zero-order valence-electron chi connectivity index (χ0n) is 29.7. The van der Waals surface area contributed by atoms with Gasteiger partial charge in [-0.1, -0.05) is 20.8 Å². The molecule has 16 nitrogen and oxygen atoms in total. The maximum atomic E-state index is 15.3. The van der Waals surface area contributed by atoms with Gasteiger partial charge in [-0.15, -0.1) is 0 Å². The van der Waals surface area contributed by atoms with Crippen LogP contribution in [0.15, 0.2) is 16.9 Å². The van der Waals surface area contributed by atoms with E-state index in [1.54, 1.807) is 33.8 Å². The van der Waals surface area contributed by atoms with Gasteiger partial charge in [0.15, 0.2) is 5.60 Å². The summed E-state index contributed by atoms with van der Waals surface area (Å²) in [5, 5.41) is 31.6. The van der Waals surface area contributed by atoms with Crippen LogP contribution in [0.1, 0.15) is 85.9 Å². The summed E-state index contributed by atoms with van der Waals surface area (Å²) in [6.07, 6.45) is -0.463. The lowest BCUT2D eigenvalue weighted by molar-refractivity contribution is -0.172. The minimum atomic E-state index is -2.05. The summed E-state index contributed by atoms with van der Waals surface area (Å²) < 4.78 is 22.0. The number of carbonyl (C=O) groups excluding carboxylic acids is 4. The zero-order chi connectivity index (χ0) is 38.5. The van der Waals surface area contributed by atoms with Crippen LogP contribution in [-0.4, -0.2) is 68.3 Å². The first kappa shape index (κ1) is 37.2. The van der Waals surface area contributed by atoms with E-state index in [1.807, 2.05) is 0 Å². The molecule has 2 aromatic heterocycles. The van der Waals surface area contributed by atoms with Crippen molar-refractivity contribution in [3.63, 3.8) is 0 Å². The first-order valence-electron chi connectivity index (χ1n) is 17.5. The smallest absolute Gasteiger partial charge is 0.405 e. The van der Waals surface area contributed by atoms with Gasteiger partial charge in [0.1, 0.15) is 24.5 Å². The standard InChI is InChI=1S/C36H42FN7O9/c1-5-36(52)20-11-25-29-18(13-44(25)32(47)19(20)14-53-33(36)48)27-22(9-8-17-16(4)21(37)12-24(40-29)26(17)27)41-30(45)23(7-6-10-39-34(38)49)42-31(46)28(15(2)3)43-35(50)51/h11-12,15,22-23,28,43,52H,5-10,13-14H2,1-4H3,(H,41,45)(H,42,46)(H,50,51)(H3,38,39,49)/t22-,23?,28?,36-/m0/s1. The number of nitrogens with zero attached hydrogens (tertiary/aromatic N) is 2. The molecule has 6 rings (SSSR count). The number of carboxylic acid groups (broad SMARTS) is 1. The molecule has 5 amide bonds. The highest BCUT2D eigenvalue weighted by Crippen LogP contribution is 2.46. The number of aryl methyl sites for hydroxylation is 1. The summed E-state index contributed by atoms with van der Waals surface area (Å²) in [4.78, 5) is 81.7. The quantitative estimate of drug-likeness (QED) is 0.0871. The van der Waals surface area contributed by atoms with E-state index < -0.39 is 70.9 Å². The molecule has 3 aromatic rings. The molecule has 2 aliphatic heterocycles. The SMILES string of the molecule is CC[C@@]1(O)C(=O)OCc2c1cc1n(c2=O)Cc2c-1nc1cc(F)c(C)c3c1c2[C@@H](NC(=O)C(CCCNC(N)=O)NC(=O)C(NC(=O)O)C(C)C)CC3. The molecule has 0 radical (unpaired) electrons. The summed E-state index contributed by atoms with van der Waals surface area (Å²) in [6.45, 7) is 6.39. The number of fused-ring (bicyclic) bond motifs is 5. The van der Waals surface area contributed by atoms with Gasteiger partial charge in [0.25, 0.3) is 5.56 Å². The molecule has 0 saturated carbocycles. The molecule has 0 fully saturated rings. The summed E-state index contributed by atoms with van der Waals surface area (Å²) in [7, 11) is 0. The van der Waals surface area contributed by atoms with Crippen LogP contribution in [0.4, 0.5) is 14.0 Å². The number of hydrogen-bond acceptors (Lipinski definition) is 9. The summed E-state index contributed by atoms with van der Waals surface area (Å²) in [5.41, 5.74) is 6.22. The Balaban J connectivity index is 1.42. The number of nitrogens with one attached hydrogen (secondary N) is 4. The summed E-state index contributed by atoms with van der Waals surface area (Å²) in [6, 6.07) is -0.922. The van der Waals surface area contributed by atoms with Crippen molar-refractivity contribution < 1.29 is 43.3 Å². The van der Waals surface area contributed by atoms with Crippen molar-refractivity contribution in [1.29, 1.82) is 0 Å². The molecule has 1 aliphatic carbocycles. The van der Waals surface area contributed by atoms with E-state index in [1.165, 1.54) is 10.6 Å². The Bertz CT molecular complexity index is 2130. The monoisotopic (exact) mass is 735 g/mol. The number of aromatic nitrogens is 2. The minimum Gasteiger partial charge on any atom is -0.465 e. The van der Waals surface area contributed by atoms with Crippen LogP contribution in [-0.2, 0) is 44.3 Å². The molecule has 2 unspecified atom stereocenters. The van der Waals surface area contributed by atoms with Gasteiger partial charge in [-0.25, -0.2) is 23.8 Å². The van der Waals surface area contributed by atoms with Gasteiger partial charge in [-0.3, -0.25) is 14.4 Å². The fourth-order valence-corrected chi connectivity index (χ4v) is 7.69. The second-order valence-electron chi connectivity index (χ2n) is 14.1. The Morgan fingerprint density at radius 2 is 1.87 bits per heavy atom. The molecule has 0 bridgehead atoms. The molecule has 1 aromatic carbocycles. The number of benzene rings is 1. The number of carbonyl (C=O) groups is 5. The van der Waals surface area contributed by atoms with E-state index in [0.29, 0.717) is 57.4 Å². The molecular weight excluding hydrogens is 693 g/mol. The van der Waals surface area contributed by atoms with Crippen molar-refractivity contribution in [2.45, 2.75) is 96.7 Å². The van der Waals surface area contributed by atoms with Gasteiger partial charge >= 0.3 is 18.1 Å². The molecule has 4 heterocycles. The van der Waals surface area contributed by atoms with Gasteiger partial charge in [0, 0.05) is 29.1 Å². The first-order valence-corrected chi connectivity index (χ1v) is 17.5. The van der Waals surface area contributed by atoms with Gasteiger partial charge in [0.2, 0.25) is 11.8 Å². The van der Waals surface area contributed by atoms with Crippen molar-refractivity contribution in [2.75, 3.05) is 6.54 Å². The summed E-state index contributed by atoms with van der Waals surface area (Å²) in [5.74, 6) is -3.10. The molecule has 0 saturated heterocycles. The van der Waals surface area contributed by atoms with Gasteiger partial charge in [-0.2, -0.15) is 0 Å². The zero-order valence-corrected chi connectivity index (χ0v) is 29.7. The topological polar surface area (TPSA) is 244 Å². The van der Waals surface area contributed by atoms with Crippen molar-refractivity contribution >= 4 is 40.8 Å². The Morgan fingerprint density at radius 3 is 2.53 bits per heavy atom. The van der Waals surface area contributed by atoms with E-state index in [-0.39, 0.29) is 50.1 Å². The van der Waals surface area contributed by atoms with Crippen LogP contribution < -0.4 is 32.6 Å². The normalized spacial score (nSPS) is 19.4. The number of rotatable bonds is 11. The predicted octanol–water partition coefficient (Wildman–Crippen LogP) is 1.86. The first-order chi connectivity index (χ1) is 25.1. The van der Waals surface area contributed by atoms with E-state index in [9.17, 15) is 39.0 Å². The van der Waals surface area contributed by atoms with Crippen LogP contribution >= 0.6 is 0 Å². The number of urea groups is 1. The Labute approximate surface area is 302 Å². The highest BCUT2D eigenvalue weighted by atomic mass is 19.1. The molecule has 4 atom stereocenters. The number of ether oxygens (including phenoxy) is 1. The van der Waals surface area contributed by atoms with Crippen LogP contribution in [0.2, 0.25) is 0 Å². The number of esters is 1. The van der Waals surface area contributed by atoms with Gasteiger partial charge in [0.05, 0.1) is 35.1 Å². The lowest BCUT2D eigenvalue weighted by Gasteiger charge is -2.31. The third kappa shape index (κ3) is 6.53. The average Bonchev–Trinajstić information content (AvgIpc) is 3.47. The van der Waals surface area contributed by atoms with E-state index in [4.69, 9.17) is 15.5 Å². The molecule has 0 spiro atoms. The van der Waals surface area contributed by atoms with E-state index in [2.05, 4.69) is 21.3 Å². The Kier molecular flexibility index (Phi) is 9.89. The highest BCUT2D eigenvalue weighted by Gasteiger charge is 2.46. The third-order valence-corrected chi connectivity index (χ3v) is 10.5. The van der Waals surface area contributed by atoms with Crippen LogP contribution in [0.5, 0.6) is 0 Å². The Hall–Kier alpha value is -5.58. The van der Waals surface area contributed by atoms with Crippen molar-refractivity contribution in [2.24, 2.45) is 11.7 Å². The Morgan fingerprint density at radius 1 is 1.13 bits per heavy atom. The van der Waals surface area contributed by atoms with Crippen LogP contribution in [0.3, 0.4) is 0 Å². The molecule has 282 valence electrons. The molecular formula is C36H42FN7O9. The number of hydrogen-bond donors (Lipinski definition) is 7. The maximum absolute atomic E-state index is 15.3. The maximum Gasteiger partial charge on any atom is 0.405 e. The highest BCUT2D eigenvalue weighted by molar-refractivity contribution is 5.95. The number of aliphatic hydroxyl groups is 1. The number of pyridine rings is 2. The van der Waals surface area contributed by atoms with E-state index >= 15 is 4.39 Å². The van der Waals surface area contributed by atoms with Gasteiger partial charge in [-0.05, 0) is 67.7 Å². The molecule has 8 N–H and O–H groups in total. The lowest BCUT2D eigenvalue weighted by Crippen LogP contribution is -2.55. The third-order valence-electron chi connectivity index (χ3n) is 10.5. The largest absolute Gasteiger partial charge is 0.465 e. The number of cyclic esters (lactones) is 1. The lowest BCUT2D eigenvalue weighted by atomic mass is 9.81. The second-order valence-corrected chi connectivity index (χ2v) is 14.1. The number of halogens is 1. The van der Waals surface area contributed by atoms with Crippen molar-refractivity contribution in [3.8, 4) is 11.4 Å². The number of amides is 5. The average molecular weight is 736 g/mol. The fourth-order valence-electron chi connectivity index (χ4n) is 7.69. The predicted molar refractivity (Wildman–Crippen MR) is 187 cm³/mol. The fraction of sp³-hybridized carbons (Fsp3) is 0.472. The number of nitrogens with two attached hydrogens (primary N) is 1. The molecule has 3 aliphatic rings. The van der Waals surface area contributed by atoms with E-state index in [0.717, 1.165) is 0 Å². The van der Waals surface area contributed by atoms with Crippen molar-refractivity contribution in [3.05, 3.63) is 61.7 Å². The van der Waals surface area contributed by atoms with Crippen LogP contribution in [0, 0.1) is 18.7 Å².